The zero-order chi connectivity index (χ0) is 10.6. The maximum Gasteiger partial charge on any atom is 0.142 e. The summed E-state index contributed by atoms with van der Waals surface area (Å²) in [5.74, 6) is 0.553. The highest BCUT2D eigenvalue weighted by Gasteiger charge is 2.13. The zero-order valence-corrected chi connectivity index (χ0v) is 8.58. The lowest BCUT2D eigenvalue weighted by Crippen LogP contribution is -2.10. The lowest BCUT2D eigenvalue weighted by Gasteiger charge is -2.13. The summed E-state index contributed by atoms with van der Waals surface area (Å²) >= 11 is 5.91. The van der Waals surface area contributed by atoms with E-state index in [9.17, 15) is 0 Å². The molecule has 1 rings (SSSR count). The van der Waals surface area contributed by atoms with E-state index < -0.39 is 0 Å². The lowest BCUT2D eigenvalue weighted by atomic mass is 10.0. The van der Waals surface area contributed by atoms with E-state index in [1.807, 2.05) is 12.1 Å². The van der Waals surface area contributed by atoms with Crippen molar-refractivity contribution in [1.82, 2.24) is 0 Å². The molecule has 0 saturated carbocycles. The van der Waals surface area contributed by atoms with Gasteiger partial charge in [0.2, 0.25) is 0 Å². The summed E-state index contributed by atoms with van der Waals surface area (Å²) in [6.45, 7) is 0. The van der Waals surface area contributed by atoms with Crippen LogP contribution in [-0.4, -0.2) is 7.11 Å². The minimum atomic E-state index is -0.353. The third-order valence-electron chi connectivity index (χ3n) is 1.91. The van der Waals surface area contributed by atoms with Crippen molar-refractivity contribution in [3.05, 3.63) is 28.8 Å². The molecule has 2 N–H and O–H groups in total. The molecular formula is C10H11ClN2O. The molecule has 0 aliphatic rings. The van der Waals surface area contributed by atoms with Crippen LogP contribution in [0.1, 0.15) is 18.0 Å². The van der Waals surface area contributed by atoms with Crippen LogP contribution in [-0.2, 0) is 0 Å². The van der Waals surface area contributed by atoms with Gasteiger partial charge < -0.3 is 10.5 Å². The molecule has 1 atom stereocenters. The van der Waals surface area contributed by atoms with Gasteiger partial charge in [-0.05, 0) is 6.07 Å². The Morgan fingerprint density at radius 1 is 1.64 bits per heavy atom. The Balaban J connectivity index is 3.08. The number of hydrogen-bond donors (Lipinski definition) is 1. The first-order valence-corrected chi connectivity index (χ1v) is 4.53. The first kappa shape index (κ1) is 10.8. The molecule has 0 bridgehead atoms. The molecule has 0 amide bonds. The summed E-state index contributed by atoms with van der Waals surface area (Å²) in [5, 5.41) is 9.04. The summed E-state index contributed by atoms with van der Waals surface area (Å²) in [4.78, 5) is 0. The predicted molar refractivity (Wildman–Crippen MR) is 55.2 cm³/mol. The van der Waals surface area contributed by atoms with Gasteiger partial charge in [0, 0.05) is 11.6 Å². The highest BCUT2D eigenvalue weighted by Crippen LogP contribution is 2.32. The monoisotopic (exact) mass is 210 g/mol. The number of ether oxygens (including phenoxy) is 1. The average molecular weight is 211 g/mol. The average Bonchev–Trinajstić information content (AvgIpc) is 2.17. The number of benzene rings is 1. The predicted octanol–water partition coefficient (Wildman–Crippen LogP) is 2.26. The minimum Gasteiger partial charge on any atom is -0.495 e. The zero-order valence-electron chi connectivity index (χ0n) is 7.83. The van der Waals surface area contributed by atoms with E-state index in [2.05, 4.69) is 0 Å². The van der Waals surface area contributed by atoms with Crippen molar-refractivity contribution in [3.63, 3.8) is 0 Å². The summed E-state index contributed by atoms with van der Waals surface area (Å²) in [7, 11) is 1.53. The molecule has 0 saturated heterocycles. The van der Waals surface area contributed by atoms with Gasteiger partial charge in [-0.1, -0.05) is 23.7 Å². The Hall–Kier alpha value is -1.24. The number of hydrogen-bond acceptors (Lipinski definition) is 3. The third kappa shape index (κ3) is 2.16. The Morgan fingerprint density at radius 3 is 2.93 bits per heavy atom. The molecule has 1 aromatic carbocycles. The smallest absolute Gasteiger partial charge is 0.142 e. The highest BCUT2D eigenvalue weighted by molar-refractivity contribution is 6.32. The van der Waals surface area contributed by atoms with Gasteiger partial charge in [-0.15, -0.1) is 0 Å². The highest BCUT2D eigenvalue weighted by atomic mass is 35.5. The number of rotatable bonds is 3. The van der Waals surface area contributed by atoms with Crippen molar-refractivity contribution in [2.75, 3.05) is 7.11 Å². The molecule has 0 spiro atoms. The van der Waals surface area contributed by atoms with Crippen molar-refractivity contribution in [3.8, 4) is 11.8 Å². The van der Waals surface area contributed by atoms with E-state index in [1.165, 1.54) is 7.11 Å². The van der Waals surface area contributed by atoms with Crippen LogP contribution in [0.15, 0.2) is 18.2 Å². The Kier molecular flexibility index (Phi) is 3.75. The van der Waals surface area contributed by atoms with Gasteiger partial charge in [0.25, 0.3) is 0 Å². The first-order chi connectivity index (χ1) is 6.70. The van der Waals surface area contributed by atoms with Gasteiger partial charge in [0.15, 0.2) is 0 Å². The van der Waals surface area contributed by atoms with Crippen LogP contribution in [0.2, 0.25) is 5.02 Å². The fourth-order valence-corrected chi connectivity index (χ4v) is 1.50. The molecule has 0 aliphatic carbocycles. The second kappa shape index (κ2) is 4.85. The number of halogens is 1. The molecule has 14 heavy (non-hydrogen) atoms. The van der Waals surface area contributed by atoms with Crippen molar-refractivity contribution in [1.29, 1.82) is 5.26 Å². The Bertz CT molecular complexity index is 360. The SMILES string of the molecule is COc1c(Cl)cccc1[C@@H](N)CC#N. The fourth-order valence-electron chi connectivity index (χ4n) is 1.24. The molecule has 4 heteroatoms. The van der Waals surface area contributed by atoms with Crippen molar-refractivity contribution < 1.29 is 4.74 Å². The van der Waals surface area contributed by atoms with Gasteiger partial charge in [0.05, 0.1) is 24.6 Å². The second-order valence-electron chi connectivity index (χ2n) is 2.83. The summed E-state index contributed by atoms with van der Waals surface area (Å²) in [6, 6.07) is 6.99. The summed E-state index contributed by atoms with van der Waals surface area (Å²) in [6.07, 6.45) is 0.247. The number of nitriles is 1. The lowest BCUT2D eigenvalue weighted by molar-refractivity contribution is 0.406. The van der Waals surface area contributed by atoms with Crippen LogP contribution >= 0.6 is 11.6 Å². The van der Waals surface area contributed by atoms with Crippen molar-refractivity contribution in [2.24, 2.45) is 5.73 Å². The van der Waals surface area contributed by atoms with E-state index in [0.29, 0.717) is 10.8 Å². The fraction of sp³-hybridized carbons (Fsp3) is 0.300. The maximum atomic E-state index is 8.53. The number of nitrogens with zero attached hydrogens (tertiary/aromatic N) is 1. The van der Waals surface area contributed by atoms with Crippen LogP contribution in [0.5, 0.6) is 5.75 Å². The van der Waals surface area contributed by atoms with E-state index in [4.69, 9.17) is 27.3 Å². The van der Waals surface area contributed by atoms with Crippen LogP contribution in [0.3, 0.4) is 0 Å². The van der Waals surface area contributed by atoms with Gasteiger partial charge in [-0.3, -0.25) is 0 Å². The van der Waals surface area contributed by atoms with Gasteiger partial charge in [-0.25, -0.2) is 0 Å². The topological polar surface area (TPSA) is 59.0 Å². The molecule has 0 aromatic heterocycles. The third-order valence-corrected chi connectivity index (χ3v) is 2.21. The van der Waals surface area contributed by atoms with Crippen LogP contribution < -0.4 is 10.5 Å². The van der Waals surface area contributed by atoms with Gasteiger partial charge >= 0.3 is 0 Å². The second-order valence-corrected chi connectivity index (χ2v) is 3.24. The Labute approximate surface area is 88.0 Å². The number of methoxy groups -OCH3 is 1. The molecule has 0 aliphatic heterocycles. The quantitative estimate of drug-likeness (QED) is 0.833. The van der Waals surface area contributed by atoms with E-state index in [0.717, 1.165) is 5.56 Å². The van der Waals surface area contributed by atoms with Gasteiger partial charge in [0.1, 0.15) is 5.75 Å². The molecule has 3 nitrogen and oxygen atoms in total. The summed E-state index contributed by atoms with van der Waals surface area (Å²) in [5.41, 5.74) is 6.55. The van der Waals surface area contributed by atoms with Crippen molar-refractivity contribution >= 4 is 11.6 Å². The molecule has 74 valence electrons. The van der Waals surface area contributed by atoms with Crippen molar-refractivity contribution in [2.45, 2.75) is 12.5 Å². The molecular weight excluding hydrogens is 200 g/mol. The maximum absolute atomic E-state index is 8.53. The van der Waals surface area contributed by atoms with E-state index in [-0.39, 0.29) is 12.5 Å². The first-order valence-electron chi connectivity index (χ1n) is 4.15. The standard InChI is InChI=1S/C10H11ClN2O/c1-14-10-7(9(13)5-6-12)3-2-4-8(10)11/h2-4,9H,5,13H2,1H3/t9-/m0/s1. The largest absolute Gasteiger partial charge is 0.495 e. The van der Waals surface area contributed by atoms with Crippen LogP contribution in [0.4, 0.5) is 0 Å². The minimum absolute atomic E-state index is 0.247. The molecule has 0 heterocycles. The summed E-state index contributed by atoms with van der Waals surface area (Å²) < 4.78 is 5.12. The normalized spacial score (nSPS) is 11.9. The molecule has 0 unspecified atom stereocenters. The van der Waals surface area contributed by atoms with Crippen LogP contribution in [0.25, 0.3) is 0 Å². The van der Waals surface area contributed by atoms with Gasteiger partial charge in [-0.2, -0.15) is 5.26 Å². The Morgan fingerprint density at radius 2 is 2.36 bits per heavy atom. The molecule has 1 aromatic rings. The van der Waals surface area contributed by atoms with Crippen LogP contribution in [0, 0.1) is 11.3 Å². The number of para-hydroxylation sites is 1. The van der Waals surface area contributed by atoms with E-state index >= 15 is 0 Å². The molecule has 0 radical (unpaired) electrons. The van der Waals surface area contributed by atoms with E-state index in [1.54, 1.807) is 12.1 Å². The molecule has 0 fully saturated rings. The number of nitrogens with two attached hydrogens (primary N) is 1.